The maximum Gasteiger partial charge on any atom is 0.248 e. The largest absolute Gasteiger partial charge is 0.340 e. The van der Waals surface area contributed by atoms with Gasteiger partial charge in [0.1, 0.15) is 11.6 Å². The van der Waals surface area contributed by atoms with E-state index in [0.29, 0.717) is 13.0 Å². The lowest BCUT2D eigenvalue weighted by Crippen LogP contribution is -2.68. The van der Waals surface area contributed by atoms with E-state index in [1.807, 2.05) is 20.8 Å². The van der Waals surface area contributed by atoms with Gasteiger partial charge in [0, 0.05) is 6.54 Å². The lowest BCUT2D eigenvalue weighted by atomic mass is 9.92. The van der Waals surface area contributed by atoms with Gasteiger partial charge >= 0.3 is 0 Å². The Morgan fingerprint density at radius 1 is 1.16 bits per heavy atom. The third kappa shape index (κ3) is 3.71. The molecule has 110 valence electrons. The first-order valence-electron chi connectivity index (χ1n) is 7.59. The van der Waals surface area contributed by atoms with Crippen LogP contribution in [0.1, 0.15) is 66.2 Å². The van der Waals surface area contributed by atoms with E-state index in [1.54, 1.807) is 4.90 Å². The lowest BCUT2D eigenvalue weighted by molar-refractivity contribution is -0.153. The van der Waals surface area contributed by atoms with Crippen LogP contribution in [0.3, 0.4) is 0 Å². The summed E-state index contributed by atoms with van der Waals surface area (Å²) in [4.78, 5) is 26.2. The van der Waals surface area contributed by atoms with Crippen LogP contribution in [0.15, 0.2) is 0 Å². The third-order valence-electron chi connectivity index (χ3n) is 4.19. The Kier molecular flexibility index (Phi) is 5.83. The molecule has 0 saturated carbocycles. The van der Waals surface area contributed by atoms with E-state index < -0.39 is 5.54 Å². The lowest BCUT2D eigenvalue weighted by Gasteiger charge is -2.43. The van der Waals surface area contributed by atoms with Crippen molar-refractivity contribution >= 4 is 11.8 Å². The SMILES string of the molecule is CCCCCCCN1C(=O)C(C)(CC)NC(=O)C1C. The average molecular weight is 268 g/mol. The van der Waals surface area contributed by atoms with Crippen molar-refractivity contribution in [1.82, 2.24) is 10.2 Å². The van der Waals surface area contributed by atoms with Crippen LogP contribution in [-0.4, -0.2) is 34.8 Å². The number of piperazine rings is 1. The van der Waals surface area contributed by atoms with Gasteiger partial charge in [-0.25, -0.2) is 0 Å². The summed E-state index contributed by atoms with van der Waals surface area (Å²) in [6.45, 7) is 8.46. The highest BCUT2D eigenvalue weighted by molar-refractivity contribution is 5.99. The number of hydrogen-bond donors (Lipinski definition) is 1. The second-order valence-corrected chi connectivity index (χ2v) is 5.76. The monoisotopic (exact) mass is 268 g/mol. The Morgan fingerprint density at radius 3 is 2.37 bits per heavy atom. The first kappa shape index (κ1) is 16.0. The van der Waals surface area contributed by atoms with E-state index in [0.717, 1.165) is 12.8 Å². The van der Waals surface area contributed by atoms with Crippen LogP contribution < -0.4 is 5.32 Å². The second-order valence-electron chi connectivity index (χ2n) is 5.76. The van der Waals surface area contributed by atoms with Crippen LogP contribution in [0.5, 0.6) is 0 Å². The van der Waals surface area contributed by atoms with Gasteiger partial charge in [0.25, 0.3) is 0 Å². The third-order valence-corrected chi connectivity index (χ3v) is 4.19. The maximum absolute atomic E-state index is 12.5. The summed E-state index contributed by atoms with van der Waals surface area (Å²) in [5.41, 5.74) is -0.715. The molecule has 0 bridgehead atoms. The first-order chi connectivity index (χ1) is 8.96. The molecule has 1 heterocycles. The van der Waals surface area contributed by atoms with Gasteiger partial charge in [-0.15, -0.1) is 0 Å². The number of carbonyl (C=O) groups is 2. The molecule has 0 aromatic rings. The summed E-state index contributed by atoms with van der Waals surface area (Å²) < 4.78 is 0. The Bertz CT molecular complexity index is 330. The zero-order valence-corrected chi connectivity index (χ0v) is 12.8. The van der Waals surface area contributed by atoms with Crippen LogP contribution in [-0.2, 0) is 9.59 Å². The fourth-order valence-electron chi connectivity index (χ4n) is 2.48. The van der Waals surface area contributed by atoms with Crippen molar-refractivity contribution in [2.24, 2.45) is 0 Å². The van der Waals surface area contributed by atoms with E-state index in [2.05, 4.69) is 12.2 Å². The predicted molar refractivity (Wildman–Crippen MR) is 76.8 cm³/mol. The fraction of sp³-hybridized carbons (Fsp3) is 0.867. The summed E-state index contributed by atoms with van der Waals surface area (Å²) in [5, 5.41) is 2.85. The molecule has 0 aromatic heterocycles. The zero-order chi connectivity index (χ0) is 14.5. The summed E-state index contributed by atoms with van der Waals surface area (Å²) in [6, 6.07) is -0.335. The maximum atomic E-state index is 12.5. The molecule has 0 spiro atoms. The molecule has 1 aliphatic heterocycles. The van der Waals surface area contributed by atoms with Crippen molar-refractivity contribution in [2.45, 2.75) is 77.8 Å². The van der Waals surface area contributed by atoms with Crippen molar-refractivity contribution in [3.05, 3.63) is 0 Å². The topological polar surface area (TPSA) is 49.4 Å². The van der Waals surface area contributed by atoms with Gasteiger partial charge in [0.05, 0.1) is 0 Å². The molecule has 0 radical (unpaired) electrons. The minimum Gasteiger partial charge on any atom is -0.340 e. The number of carbonyl (C=O) groups excluding carboxylic acids is 2. The Labute approximate surface area is 116 Å². The van der Waals surface area contributed by atoms with E-state index in [9.17, 15) is 9.59 Å². The Morgan fingerprint density at radius 2 is 1.79 bits per heavy atom. The highest BCUT2D eigenvalue weighted by atomic mass is 16.2. The molecule has 1 rings (SSSR count). The van der Waals surface area contributed by atoms with E-state index in [4.69, 9.17) is 0 Å². The summed E-state index contributed by atoms with van der Waals surface area (Å²) in [5.74, 6) is 0.0371. The minimum absolute atomic E-state index is 0.0301. The molecule has 1 fully saturated rings. The smallest absolute Gasteiger partial charge is 0.248 e. The highest BCUT2D eigenvalue weighted by Gasteiger charge is 2.44. The second kappa shape index (κ2) is 6.92. The fourth-order valence-corrected chi connectivity index (χ4v) is 2.48. The average Bonchev–Trinajstić information content (AvgIpc) is 2.40. The van der Waals surface area contributed by atoms with Gasteiger partial charge in [0.15, 0.2) is 0 Å². The van der Waals surface area contributed by atoms with Crippen molar-refractivity contribution in [2.75, 3.05) is 6.54 Å². The molecule has 0 aliphatic carbocycles. The molecule has 2 atom stereocenters. The van der Waals surface area contributed by atoms with Gasteiger partial charge in [-0.3, -0.25) is 9.59 Å². The Hall–Kier alpha value is -1.06. The Balaban J connectivity index is 2.58. The van der Waals surface area contributed by atoms with Crippen LogP contribution in [0.25, 0.3) is 0 Å². The van der Waals surface area contributed by atoms with Crippen molar-refractivity contribution in [1.29, 1.82) is 0 Å². The molecule has 2 unspecified atom stereocenters. The minimum atomic E-state index is -0.715. The van der Waals surface area contributed by atoms with E-state index in [-0.39, 0.29) is 17.9 Å². The van der Waals surface area contributed by atoms with E-state index >= 15 is 0 Å². The highest BCUT2D eigenvalue weighted by Crippen LogP contribution is 2.21. The summed E-state index contributed by atoms with van der Waals surface area (Å²) in [6.07, 6.45) is 6.44. The molecular weight excluding hydrogens is 240 g/mol. The molecule has 4 heteroatoms. The molecule has 4 nitrogen and oxygen atoms in total. The molecular formula is C15H28N2O2. The van der Waals surface area contributed by atoms with Crippen LogP contribution in [0.2, 0.25) is 0 Å². The van der Waals surface area contributed by atoms with Gasteiger partial charge in [-0.05, 0) is 26.7 Å². The number of nitrogens with zero attached hydrogens (tertiary/aromatic N) is 1. The molecule has 0 aromatic carbocycles. The summed E-state index contributed by atoms with van der Waals surface area (Å²) >= 11 is 0. The number of hydrogen-bond acceptors (Lipinski definition) is 2. The van der Waals surface area contributed by atoms with Gasteiger partial charge in [0.2, 0.25) is 11.8 Å². The van der Waals surface area contributed by atoms with Crippen LogP contribution in [0, 0.1) is 0 Å². The number of nitrogens with one attached hydrogen (secondary N) is 1. The molecule has 1 N–H and O–H groups in total. The van der Waals surface area contributed by atoms with Crippen molar-refractivity contribution in [3.63, 3.8) is 0 Å². The van der Waals surface area contributed by atoms with Crippen molar-refractivity contribution in [3.8, 4) is 0 Å². The normalized spacial score (nSPS) is 27.6. The number of rotatable bonds is 7. The van der Waals surface area contributed by atoms with Gasteiger partial charge in [-0.1, -0.05) is 39.5 Å². The molecule has 1 saturated heterocycles. The quantitative estimate of drug-likeness (QED) is 0.721. The number of unbranched alkanes of at least 4 members (excludes halogenated alkanes) is 4. The van der Waals surface area contributed by atoms with E-state index in [1.165, 1.54) is 19.3 Å². The zero-order valence-electron chi connectivity index (χ0n) is 12.8. The van der Waals surface area contributed by atoms with Gasteiger partial charge in [-0.2, -0.15) is 0 Å². The van der Waals surface area contributed by atoms with Crippen LogP contribution in [0.4, 0.5) is 0 Å². The molecule has 19 heavy (non-hydrogen) atoms. The molecule has 2 amide bonds. The van der Waals surface area contributed by atoms with Crippen molar-refractivity contribution < 1.29 is 9.59 Å². The standard InChI is InChI=1S/C15H28N2O2/c1-5-7-8-9-10-11-17-12(3)13(18)16-15(4,6-2)14(17)19/h12H,5-11H2,1-4H3,(H,16,18). The first-order valence-corrected chi connectivity index (χ1v) is 7.59. The summed E-state index contributed by atoms with van der Waals surface area (Å²) in [7, 11) is 0. The molecule has 1 aliphatic rings. The van der Waals surface area contributed by atoms with Gasteiger partial charge < -0.3 is 10.2 Å². The van der Waals surface area contributed by atoms with Crippen LogP contribution >= 0.6 is 0 Å². The predicted octanol–water partition coefficient (Wildman–Crippen LogP) is 2.47. The number of amides is 2.